The first-order valence-electron chi connectivity index (χ1n) is 7.75. The number of furan rings is 1. The molecule has 0 spiro atoms. The molecule has 0 radical (unpaired) electrons. The Labute approximate surface area is 129 Å². The van der Waals surface area contributed by atoms with E-state index in [0.29, 0.717) is 17.6 Å². The number of nitrogens with one attached hydrogen (secondary N) is 2. The van der Waals surface area contributed by atoms with Crippen molar-refractivity contribution in [1.29, 1.82) is 0 Å². The molecule has 0 saturated carbocycles. The molecule has 3 heterocycles. The van der Waals surface area contributed by atoms with Crippen LogP contribution in [-0.2, 0) is 0 Å². The molecule has 2 saturated heterocycles. The molecule has 0 aliphatic carbocycles. The Balaban J connectivity index is 1.58. The van der Waals surface area contributed by atoms with Crippen LogP contribution in [0.5, 0.6) is 0 Å². The lowest BCUT2D eigenvalue weighted by atomic mass is 9.95. The van der Waals surface area contributed by atoms with Gasteiger partial charge in [0.05, 0.1) is 5.56 Å². The number of benzene rings is 1. The summed E-state index contributed by atoms with van der Waals surface area (Å²) in [6.45, 7) is 1.79. The first-order chi connectivity index (χ1) is 10.7. The molecule has 2 aliphatic heterocycles. The summed E-state index contributed by atoms with van der Waals surface area (Å²) < 4.78 is 5.47. The third-order valence-corrected chi connectivity index (χ3v) is 4.71. The van der Waals surface area contributed by atoms with E-state index < -0.39 is 0 Å². The summed E-state index contributed by atoms with van der Waals surface area (Å²) in [7, 11) is 0. The van der Waals surface area contributed by atoms with Crippen molar-refractivity contribution >= 4 is 16.9 Å². The molecule has 4 nitrogen and oxygen atoms in total. The van der Waals surface area contributed by atoms with Crippen molar-refractivity contribution in [3.05, 3.63) is 35.6 Å². The summed E-state index contributed by atoms with van der Waals surface area (Å²) in [6.07, 6.45) is 5.07. The van der Waals surface area contributed by atoms with E-state index >= 15 is 0 Å². The number of amides is 1. The standard InChI is InChI=1S/C18H18N2O2/c1-2-3-12-10-22-17-7-4-11(8-14(12)17)18(21)20-16-9-13-5-6-15(16)19-13/h4,7-8,10,13,15-16,19H,5-6,9H2,1H3,(H,20,21)/t13-,15+,16-/m1/s1. The van der Waals surface area contributed by atoms with Crippen molar-refractivity contribution in [1.82, 2.24) is 10.6 Å². The summed E-state index contributed by atoms with van der Waals surface area (Å²) in [5, 5.41) is 7.60. The van der Waals surface area contributed by atoms with Gasteiger partial charge in [-0.2, -0.15) is 0 Å². The normalized spacial score (nSPS) is 26.0. The first-order valence-corrected chi connectivity index (χ1v) is 7.75. The Hall–Kier alpha value is -2.25. The highest BCUT2D eigenvalue weighted by Crippen LogP contribution is 2.28. The van der Waals surface area contributed by atoms with Gasteiger partial charge in [0.25, 0.3) is 5.91 Å². The van der Waals surface area contributed by atoms with Crippen molar-refractivity contribution in [2.75, 3.05) is 0 Å². The maximum atomic E-state index is 12.5. The van der Waals surface area contributed by atoms with Gasteiger partial charge in [0.1, 0.15) is 11.8 Å². The second kappa shape index (κ2) is 5.19. The van der Waals surface area contributed by atoms with E-state index in [4.69, 9.17) is 4.42 Å². The third-order valence-electron chi connectivity index (χ3n) is 4.71. The maximum absolute atomic E-state index is 12.5. The molecule has 0 unspecified atom stereocenters. The molecule has 1 aromatic carbocycles. The van der Waals surface area contributed by atoms with E-state index in [9.17, 15) is 4.79 Å². The molecule has 2 fully saturated rings. The Bertz CT molecular complexity index is 796. The Kier molecular flexibility index (Phi) is 3.16. The minimum Gasteiger partial charge on any atom is -0.463 e. The lowest BCUT2D eigenvalue weighted by molar-refractivity contribution is 0.0931. The second-order valence-electron chi connectivity index (χ2n) is 6.10. The second-order valence-corrected chi connectivity index (χ2v) is 6.10. The fourth-order valence-corrected chi connectivity index (χ4v) is 3.64. The van der Waals surface area contributed by atoms with Gasteiger partial charge in [0, 0.05) is 29.1 Å². The Morgan fingerprint density at radius 1 is 1.41 bits per heavy atom. The van der Waals surface area contributed by atoms with Gasteiger partial charge < -0.3 is 15.1 Å². The summed E-state index contributed by atoms with van der Waals surface area (Å²) in [4.78, 5) is 12.5. The van der Waals surface area contributed by atoms with Crippen LogP contribution in [-0.4, -0.2) is 24.0 Å². The zero-order chi connectivity index (χ0) is 15.1. The molecule has 2 aliphatic rings. The molecule has 1 amide bonds. The summed E-state index contributed by atoms with van der Waals surface area (Å²) in [5.41, 5.74) is 2.25. The molecule has 112 valence electrons. The highest BCUT2D eigenvalue weighted by atomic mass is 16.3. The minimum absolute atomic E-state index is 0.0159. The Morgan fingerprint density at radius 3 is 3.05 bits per heavy atom. The van der Waals surface area contributed by atoms with Crippen LogP contribution in [0.1, 0.15) is 42.1 Å². The van der Waals surface area contributed by atoms with Crippen LogP contribution in [0, 0.1) is 11.8 Å². The summed E-state index contributed by atoms with van der Waals surface area (Å²) >= 11 is 0. The topological polar surface area (TPSA) is 54.3 Å². The van der Waals surface area contributed by atoms with Gasteiger partial charge >= 0.3 is 0 Å². The molecule has 22 heavy (non-hydrogen) atoms. The highest BCUT2D eigenvalue weighted by molar-refractivity contribution is 5.99. The highest BCUT2D eigenvalue weighted by Gasteiger charge is 2.39. The minimum atomic E-state index is -0.0159. The van der Waals surface area contributed by atoms with Crippen LogP contribution in [0.15, 0.2) is 28.9 Å². The first kappa shape index (κ1) is 13.4. The van der Waals surface area contributed by atoms with Crippen molar-refractivity contribution in [3.63, 3.8) is 0 Å². The van der Waals surface area contributed by atoms with Crippen molar-refractivity contribution < 1.29 is 9.21 Å². The number of fused-ring (bicyclic) bond motifs is 3. The van der Waals surface area contributed by atoms with Crippen LogP contribution in [0.4, 0.5) is 0 Å². The van der Waals surface area contributed by atoms with Gasteiger partial charge in [-0.15, -0.1) is 5.92 Å². The largest absolute Gasteiger partial charge is 0.463 e. The van der Waals surface area contributed by atoms with Crippen LogP contribution in [0.3, 0.4) is 0 Å². The van der Waals surface area contributed by atoms with E-state index in [1.807, 2.05) is 18.2 Å². The van der Waals surface area contributed by atoms with Crippen molar-refractivity contribution in [2.45, 2.75) is 44.3 Å². The smallest absolute Gasteiger partial charge is 0.251 e. The maximum Gasteiger partial charge on any atom is 0.251 e. The predicted molar refractivity (Wildman–Crippen MR) is 84.6 cm³/mol. The van der Waals surface area contributed by atoms with Gasteiger partial charge in [0.2, 0.25) is 0 Å². The molecular formula is C18H18N2O2. The average molecular weight is 294 g/mol. The van der Waals surface area contributed by atoms with E-state index in [-0.39, 0.29) is 11.9 Å². The summed E-state index contributed by atoms with van der Waals surface area (Å²) in [5.74, 6) is 5.86. The lowest BCUT2D eigenvalue weighted by Crippen LogP contribution is -2.42. The van der Waals surface area contributed by atoms with Crippen LogP contribution in [0.2, 0.25) is 0 Å². The monoisotopic (exact) mass is 294 g/mol. The zero-order valence-electron chi connectivity index (χ0n) is 12.5. The van der Waals surface area contributed by atoms with Crippen LogP contribution in [0.25, 0.3) is 11.0 Å². The number of hydrogen-bond donors (Lipinski definition) is 2. The predicted octanol–water partition coefficient (Wildman–Crippen LogP) is 2.43. The number of rotatable bonds is 2. The molecule has 2 bridgehead atoms. The quantitative estimate of drug-likeness (QED) is 0.836. The number of carbonyl (C=O) groups is 1. The van der Waals surface area contributed by atoms with Gasteiger partial charge in [0.15, 0.2) is 0 Å². The molecule has 4 rings (SSSR count). The van der Waals surface area contributed by atoms with E-state index in [1.165, 1.54) is 6.42 Å². The van der Waals surface area contributed by atoms with Crippen LogP contribution < -0.4 is 10.6 Å². The molecule has 2 aromatic rings. The molecule has 1 aromatic heterocycles. The summed E-state index contributed by atoms with van der Waals surface area (Å²) in [6, 6.07) is 6.79. The van der Waals surface area contributed by atoms with E-state index in [2.05, 4.69) is 22.5 Å². The van der Waals surface area contributed by atoms with Gasteiger partial charge in [-0.05, 0) is 44.4 Å². The van der Waals surface area contributed by atoms with Gasteiger partial charge in [-0.25, -0.2) is 0 Å². The SMILES string of the molecule is CC#Cc1coc2ccc(C(=O)N[C@@H]3C[C@H]4CC[C@@H]3N4)cc12. The van der Waals surface area contributed by atoms with E-state index in [0.717, 1.165) is 29.4 Å². The number of carbonyl (C=O) groups excluding carboxylic acids is 1. The fraction of sp³-hybridized carbons (Fsp3) is 0.389. The van der Waals surface area contributed by atoms with Crippen LogP contribution >= 0.6 is 0 Å². The molecule has 2 N–H and O–H groups in total. The van der Waals surface area contributed by atoms with E-state index in [1.54, 1.807) is 13.2 Å². The van der Waals surface area contributed by atoms with Gasteiger partial charge in [-0.3, -0.25) is 4.79 Å². The molecule has 3 atom stereocenters. The average Bonchev–Trinajstić information content (AvgIpc) is 3.23. The third kappa shape index (κ3) is 2.18. The lowest BCUT2D eigenvalue weighted by Gasteiger charge is -2.21. The fourth-order valence-electron chi connectivity index (χ4n) is 3.64. The number of hydrogen-bond acceptors (Lipinski definition) is 3. The zero-order valence-corrected chi connectivity index (χ0v) is 12.5. The van der Waals surface area contributed by atoms with Gasteiger partial charge in [-0.1, -0.05) is 5.92 Å². The van der Waals surface area contributed by atoms with Crippen molar-refractivity contribution in [3.8, 4) is 11.8 Å². The molecular weight excluding hydrogens is 276 g/mol. The van der Waals surface area contributed by atoms with Crippen molar-refractivity contribution in [2.24, 2.45) is 0 Å². The molecule has 4 heteroatoms. The Morgan fingerprint density at radius 2 is 2.32 bits per heavy atom.